The monoisotopic (exact) mass is 168 g/mol. The van der Waals surface area contributed by atoms with Crippen LogP contribution in [0.1, 0.15) is 20.8 Å². The molecule has 0 aliphatic carbocycles. The number of hydrogen-bond acceptors (Lipinski definition) is 2. The lowest BCUT2D eigenvalue weighted by Gasteiger charge is -2.35. The van der Waals surface area contributed by atoms with Gasteiger partial charge in [-0.25, -0.2) is 0 Å². The maximum absolute atomic E-state index is 2.50. The molecule has 12 heavy (non-hydrogen) atoms. The van der Waals surface area contributed by atoms with Crippen LogP contribution < -0.4 is 0 Å². The fourth-order valence-electron chi connectivity index (χ4n) is 1.60. The summed E-state index contributed by atoms with van der Waals surface area (Å²) < 4.78 is 0. The second-order valence-electron chi connectivity index (χ2n) is 3.35. The van der Waals surface area contributed by atoms with E-state index in [-0.39, 0.29) is 0 Å². The van der Waals surface area contributed by atoms with Crippen molar-refractivity contribution in [2.45, 2.75) is 20.8 Å². The van der Waals surface area contributed by atoms with Gasteiger partial charge in [-0.15, -0.1) is 0 Å². The van der Waals surface area contributed by atoms with Gasteiger partial charge in [0.15, 0.2) is 0 Å². The van der Waals surface area contributed by atoms with Crippen LogP contribution >= 0.6 is 0 Å². The highest BCUT2D eigenvalue weighted by Crippen LogP contribution is 2.07. The Balaban J connectivity index is 2.36. The number of hydrogen-bond donors (Lipinski definition) is 0. The molecule has 2 nitrogen and oxygen atoms in total. The van der Waals surface area contributed by atoms with Crippen molar-refractivity contribution in [3.8, 4) is 0 Å². The zero-order valence-electron chi connectivity index (χ0n) is 8.51. The minimum Gasteiger partial charge on any atom is -0.373 e. The zero-order valence-corrected chi connectivity index (χ0v) is 8.51. The Morgan fingerprint density at radius 2 is 1.83 bits per heavy atom. The summed E-state index contributed by atoms with van der Waals surface area (Å²) in [5, 5.41) is 0. The number of nitrogens with zero attached hydrogens (tertiary/aromatic N) is 2. The molecule has 1 aliphatic rings. The van der Waals surface area contributed by atoms with Crippen LogP contribution in [0.5, 0.6) is 0 Å². The van der Waals surface area contributed by atoms with Crippen LogP contribution in [0.15, 0.2) is 11.8 Å². The highest BCUT2D eigenvalue weighted by atomic mass is 15.3. The van der Waals surface area contributed by atoms with Gasteiger partial charge in [-0.2, -0.15) is 0 Å². The summed E-state index contributed by atoms with van der Waals surface area (Å²) in [6.07, 6.45) is 2.20. The normalized spacial score (nSPS) is 21.6. The van der Waals surface area contributed by atoms with Gasteiger partial charge in [-0.05, 0) is 20.4 Å². The first kappa shape index (κ1) is 9.59. The van der Waals surface area contributed by atoms with Gasteiger partial charge < -0.3 is 9.80 Å². The summed E-state index contributed by atoms with van der Waals surface area (Å²) in [5.74, 6) is 0. The third kappa shape index (κ3) is 2.24. The summed E-state index contributed by atoms with van der Waals surface area (Å²) in [7, 11) is 0. The Labute approximate surface area is 75.8 Å². The lowest BCUT2D eigenvalue weighted by Crippen LogP contribution is -2.45. The summed E-state index contributed by atoms with van der Waals surface area (Å²) >= 11 is 0. The van der Waals surface area contributed by atoms with Crippen LogP contribution in [0.3, 0.4) is 0 Å². The number of likely N-dealkylation sites (N-methyl/N-ethyl adjacent to an activating group) is 1. The van der Waals surface area contributed by atoms with Crippen molar-refractivity contribution < 1.29 is 0 Å². The Hall–Kier alpha value is -0.500. The van der Waals surface area contributed by atoms with Gasteiger partial charge in [0.05, 0.1) is 0 Å². The van der Waals surface area contributed by atoms with Crippen molar-refractivity contribution in [1.29, 1.82) is 0 Å². The van der Waals surface area contributed by atoms with E-state index in [0.29, 0.717) is 0 Å². The van der Waals surface area contributed by atoms with Crippen LogP contribution in [-0.4, -0.2) is 42.5 Å². The number of allylic oxidation sites excluding steroid dienone is 2. The van der Waals surface area contributed by atoms with Gasteiger partial charge in [0.2, 0.25) is 0 Å². The third-order valence-electron chi connectivity index (χ3n) is 2.74. The molecule has 0 bridgehead atoms. The topological polar surface area (TPSA) is 6.48 Å². The van der Waals surface area contributed by atoms with Crippen LogP contribution in [0, 0.1) is 0 Å². The maximum Gasteiger partial charge on any atom is 0.0303 e. The summed E-state index contributed by atoms with van der Waals surface area (Å²) in [6, 6.07) is 0. The van der Waals surface area contributed by atoms with Crippen molar-refractivity contribution >= 4 is 0 Å². The molecule has 0 N–H and O–H groups in total. The van der Waals surface area contributed by atoms with Crippen molar-refractivity contribution in [1.82, 2.24) is 9.80 Å². The molecule has 1 fully saturated rings. The summed E-state index contributed by atoms with van der Waals surface area (Å²) in [5.41, 5.74) is 1.42. The fourth-order valence-corrected chi connectivity index (χ4v) is 1.60. The molecule has 0 aromatic rings. The molecule has 0 aromatic carbocycles. The molecule has 1 saturated heterocycles. The van der Waals surface area contributed by atoms with E-state index >= 15 is 0 Å². The lowest BCUT2D eigenvalue weighted by molar-refractivity contribution is 0.165. The smallest absolute Gasteiger partial charge is 0.0303 e. The molecule has 0 aromatic heterocycles. The van der Waals surface area contributed by atoms with E-state index in [2.05, 4.69) is 36.6 Å². The molecule has 0 amide bonds. The van der Waals surface area contributed by atoms with E-state index in [1.165, 1.54) is 38.4 Å². The predicted molar refractivity (Wildman–Crippen MR) is 53.1 cm³/mol. The van der Waals surface area contributed by atoms with Gasteiger partial charge in [0.1, 0.15) is 0 Å². The molecule has 1 rings (SSSR count). The minimum absolute atomic E-state index is 1.20. The van der Waals surface area contributed by atoms with Crippen molar-refractivity contribution in [3.63, 3.8) is 0 Å². The Morgan fingerprint density at radius 1 is 1.25 bits per heavy atom. The molecular weight excluding hydrogens is 148 g/mol. The van der Waals surface area contributed by atoms with Crippen LogP contribution in [0.2, 0.25) is 0 Å². The molecule has 0 radical (unpaired) electrons. The van der Waals surface area contributed by atoms with Gasteiger partial charge in [-0.3, -0.25) is 0 Å². The molecule has 2 heteroatoms. The quantitative estimate of drug-likeness (QED) is 0.617. The number of rotatable bonds is 2. The SMILES string of the molecule is CC=C(C)N1CCN(CC)CC1. The van der Waals surface area contributed by atoms with Crippen molar-refractivity contribution in [3.05, 3.63) is 11.8 Å². The summed E-state index contributed by atoms with van der Waals surface area (Å²) in [6.45, 7) is 12.6. The summed E-state index contributed by atoms with van der Waals surface area (Å²) in [4.78, 5) is 4.96. The predicted octanol–water partition coefficient (Wildman–Crippen LogP) is 1.55. The van der Waals surface area contributed by atoms with Gasteiger partial charge in [0, 0.05) is 31.9 Å². The van der Waals surface area contributed by atoms with Gasteiger partial charge in [0.25, 0.3) is 0 Å². The first-order valence-electron chi connectivity index (χ1n) is 4.88. The molecule has 1 heterocycles. The molecule has 0 spiro atoms. The van der Waals surface area contributed by atoms with E-state index in [9.17, 15) is 0 Å². The van der Waals surface area contributed by atoms with Crippen LogP contribution in [-0.2, 0) is 0 Å². The Kier molecular flexibility index (Phi) is 3.60. The largest absolute Gasteiger partial charge is 0.373 e. The second-order valence-corrected chi connectivity index (χ2v) is 3.35. The van der Waals surface area contributed by atoms with E-state index in [0.717, 1.165) is 0 Å². The van der Waals surface area contributed by atoms with Crippen LogP contribution in [0.4, 0.5) is 0 Å². The average Bonchev–Trinajstić information content (AvgIpc) is 2.17. The molecule has 70 valence electrons. The number of piperazine rings is 1. The van der Waals surface area contributed by atoms with E-state index in [4.69, 9.17) is 0 Å². The maximum atomic E-state index is 2.50. The second kappa shape index (κ2) is 4.51. The van der Waals surface area contributed by atoms with Crippen LogP contribution in [0.25, 0.3) is 0 Å². The third-order valence-corrected chi connectivity index (χ3v) is 2.74. The first-order chi connectivity index (χ1) is 5.77. The Bertz CT molecular complexity index is 155. The van der Waals surface area contributed by atoms with Gasteiger partial charge in [-0.1, -0.05) is 13.0 Å². The molecule has 0 saturated carbocycles. The Morgan fingerprint density at radius 3 is 2.25 bits per heavy atom. The minimum atomic E-state index is 1.20. The van der Waals surface area contributed by atoms with Gasteiger partial charge >= 0.3 is 0 Å². The molecular formula is C10H20N2. The van der Waals surface area contributed by atoms with Crippen molar-refractivity contribution in [2.24, 2.45) is 0 Å². The van der Waals surface area contributed by atoms with E-state index in [1.54, 1.807) is 0 Å². The standard InChI is InChI=1S/C10H20N2/c1-4-10(3)12-8-6-11(5-2)7-9-12/h4H,5-9H2,1-3H3. The van der Waals surface area contributed by atoms with E-state index in [1.807, 2.05) is 0 Å². The zero-order chi connectivity index (χ0) is 8.97. The first-order valence-corrected chi connectivity index (χ1v) is 4.88. The molecule has 0 atom stereocenters. The average molecular weight is 168 g/mol. The molecule has 0 unspecified atom stereocenters. The highest BCUT2D eigenvalue weighted by Gasteiger charge is 2.14. The van der Waals surface area contributed by atoms with Crippen molar-refractivity contribution in [2.75, 3.05) is 32.7 Å². The fraction of sp³-hybridized carbons (Fsp3) is 0.800. The highest BCUT2D eigenvalue weighted by molar-refractivity contribution is 4.96. The molecule has 1 aliphatic heterocycles. The van der Waals surface area contributed by atoms with E-state index < -0.39 is 0 Å². The lowest BCUT2D eigenvalue weighted by atomic mass is 10.3.